The van der Waals surface area contributed by atoms with Gasteiger partial charge in [-0.25, -0.2) is 8.42 Å². The van der Waals surface area contributed by atoms with Gasteiger partial charge < -0.3 is 5.32 Å². The van der Waals surface area contributed by atoms with E-state index in [1.54, 1.807) is 43.3 Å². The molecule has 2 aromatic carbocycles. The van der Waals surface area contributed by atoms with Crippen LogP contribution in [0.2, 0.25) is 0 Å². The lowest BCUT2D eigenvalue weighted by Crippen LogP contribution is -2.30. The van der Waals surface area contributed by atoms with E-state index in [-0.39, 0.29) is 16.8 Å². The molecule has 0 saturated carbocycles. The van der Waals surface area contributed by atoms with Crippen LogP contribution in [-0.2, 0) is 10.0 Å². The second-order valence-corrected chi connectivity index (χ2v) is 7.26. The van der Waals surface area contributed by atoms with Crippen LogP contribution in [0.1, 0.15) is 29.8 Å². The van der Waals surface area contributed by atoms with Crippen LogP contribution < -0.4 is 10.0 Å². The number of benzene rings is 2. The highest BCUT2D eigenvalue weighted by molar-refractivity contribution is 7.92. The second-order valence-electron chi connectivity index (χ2n) is 5.58. The number of anilines is 1. The molecule has 2 rings (SSSR count). The predicted octanol–water partition coefficient (Wildman–Crippen LogP) is 2.93. The van der Waals surface area contributed by atoms with E-state index in [9.17, 15) is 13.2 Å². The molecule has 0 aliphatic rings. The van der Waals surface area contributed by atoms with E-state index in [2.05, 4.69) is 10.0 Å². The summed E-state index contributed by atoms with van der Waals surface area (Å²) >= 11 is 0. The van der Waals surface area contributed by atoms with Gasteiger partial charge >= 0.3 is 0 Å². The van der Waals surface area contributed by atoms with Crippen molar-refractivity contribution >= 4 is 21.6 Å². The molecule has 0 aromatic heterocycles. The number of carbonyl (C=O) groups excluding carboxylic acids is 1. The Kier molecular flexibility index (Phi) is 5.05. The van der Waals surface area contributed by atoms with Crippen LogP contribution in [0.25, 0.3) is 0 Å². The first-order valence-electron chi connectivity index (χ1n) is 7.29. The van der Waals surface area contributed by atoms with Crippen LogP contribution in [0, 0.1) is 6.92 Å². The van der Waals surface area contributed by atoms with E-state index in [1.165, 1.54) is 12.1 Å². The third kappa shape index (κ3) is 4.32. The van der Waals surface area contributed by atoms with E-state index < -0.39 is 10.0 Å². The lowest BCUT2D eigenvalue weighted by atomic mass is 10.1. The maximum absolute atomic E-state index is 12.5. The Hall–Kier alpha value is -2.34. The highest BCUT2D eigenvalue weighted by Gasteiger charge is 2.18. The van der Waals surface area contributed by atoms with Crippen LogP contribution in [-0.4, -0.2) is 20.4 Å². The number of aryl methyl sites for hydroxylation is 1. The minimum Gasteiger partial charge on any atom is -0.350 e. The van der Waals surface area contributed by atoms with Gasteiger partial charge in [-0.05, 0) is 50.6 Å². The summed E-state index contributed by atoms with van der Waals surface area (Å²) in [7, 11) is -3.74. The second kappa shape index (κ2) is 6.83. The number of hydrogen-bond acceptors (Lipinski definition) is 3. The van der Waals surface area contributed by atoms with Crippen molar-refractivity contribution in [2.45, 2.75) is 31.7 Å². The SMILES string of the molecule is Cc1ccc(S(=O)(=O)Nc2ccccc2)cc1C(=O)NC(C)C. The van der Waals surface area contributed by atoms with Gasteiger partial charge in [0.1, 0.15) is 0 Å². The fourth-order valence-corrected chi connectivity index (χ4v) is 3.16. The third-order valence-corrected chi connectivity index (χ3v) is 4.59. The minimum atomic E-state index is -3.74. The number of nitrogens with one attached hydrogen (secondary N) is 2. The summed E-state index contributed by atoms with van der Waals surface area (Å²) in [5.41, 5.74) is 1.55. The first kappa shape index (κ1) is 17.0. The van der Waals surface area contributed by atoms with Gasteiger partial charge in [-0.2, -0.15) is 0 Å². The fourth-order valence-electron chi connectivity index (χ4n) is 2.07. The zero-order chi connectivity index (χ0) is 17.0. The highest BCUT2D eigenvalue weighted by atomic mass is 32.2. The van der Waals surface area contributed by atoms with Crippen LogP contribution in [0.4, 0.5) is 5.69 Å². The summed E-state index contributed by atoms with van der Waals surface area (Å²) < 4.78 is 27.4. The van der Waals surface area contributed by atoms with Gasteiger partial charge in [0.2, 0.25) is 0 Å². The van der Waals surface area contributed by atoms with Gasteiger partial charge in [0, 0.05) is 17.3 Å². The Morgan fingerprint density at radius 3 is 2.30 bits per heavy atom. The number of hydrogen-bond donors (Lipinski definition) is 2. The zero-order valence-electron chi connectivity index (χ0n) is 13.3. The van der Waals surface area contributed by atoms with E-state index in [4.69, 9.17) is 0 Å². The molecular formula is C17H20N2O3S. The molecule has 0 atom stereocenters. The summed E-state index contributed by atoms with van der Waals surface area (Å²) in [4.78, 5) is 12.2. The van der Waals surface area contributed by atoms with E-state index in [0.29, 0.717) is 11.3 Å². The van der Waals surface area contributed by atoms with E-state index in [1.807, 2.05) is 13.8 Å². The molecule has 0 fully saturated rings. The molecule has 0 spiro atoms. The standard InChI is InChI=1S/C17H20N2O3S/c1-12(2)18-17(20)16-11-15(10-9-13(16)3)23(21,22)19-14-7-5-4-6-8-14/h4-12,19H,1-3H3,(H,18,20). The van der Waals surface area contributed by atoms with Crippen LogP contribution >= 0.6 is 0 Å². The molecule has 2 N–H and O–H groups in total. The van der Waals surface area contributed by atoms with Gasteiger partial charge in [0.15, 0.2) is 0 Å². The normalized spacial score (nSPS) is 11.3. The number of rotatable bonds is 5. The summed E-state index contributed by atoms with van der Waals surface area (Å²) in [5, 5.41) is 2.77. The molecule has 6 heteroatoms. The molecule has 1 amide bonds. The lowest BCUT2D eigenvalue weighted by Gasteiger charge is -2.13. The quantitative estimate of drug-likeness (QED) is 0.884. The van der Waals surface area contributed by atoms with Crippen molar-refractivity contribution in [1.82, 2.24) is 5.32 Å². The van der Waals surface area contributed by atoms with Crippen LogP contribution in [0.15, 0.2) is 53.4 Å². The van der Waals surface area contributed by atoms with E-state index >= 15 is 0 Å². The van der Waals surface area contributed by atoms with Gasteiger partial charge in [-0.3, -0.25) is 9.52 Å². The smallest absolute Gasteiger partial charge is 0.261 e. The number of carbonyl (C=O) groups is 1. The van der Waals surface area contributed by atoms with Crippen LogP contribution in [0.3, 0.4) is 0 Å². The number of sulfonamides is 1. The van der Waals surface area contributed by atoms with Crippen molar-refractivity contribution in [2.75, 3.05) is 4.72 Å². The number of para-hydroxylation sites is 1. The largest absolute Gasteiger partial charge is 0.350 e. The van der Waals surface area contributed by atoms with Crippen molar-refractivity contribution in [1.29, 1.82) is 0 Å². The maximum atomic E-state index is 12.5. The minimum absolute atomic E-state index is 0.0235. The molecule has 0 unspecified atom stereocenters. The first-order valence-corrected chi connectivity index (χ1v) is 8.77. The summed E-state index contributed by atoms with van der Waals surface area (Å²) in [6.45, 7) is 5.48. The Labute approximate surface area is 136 Å². The maximum Gasteiger partial charge on any atom is 0.261 e. The topological polar surface area (TPSA) is 75.3 Å². The van der Waals surface area contributed by atoms with Gasteiger partial charge in [-0.1, -0.05) is 24.3 Å². The molecule has 0 radical (unpaired) electrons. The molecule has 0 bridgehead atoms. The lowest BCUT2D eigenvalue weighted by molar-refractivity contribution is 0.0942. The Balaban J connectivity index is 2.34. The highest BCUT2D eigenvalue weighted by Crippen LogP contribution is 2.19. The fraction of sp³-hybridized carbons (Fsp3) is 0.235. The Bertz CT molecular complexity index is 800. The molecule has 0 aliphatic heterocycles. The third-order valence-electron chi connectivity index (χ3n) is 3.21. The van der Waals surface area contributed by atoms with Crippen molar-refractivity contribution in [3.05, 3.63) is 59.7 Å². The first-order chi connectivity index (χ1) is 10.8. The molecule has 0 heterocycles. The molecule has 5 nitrogen and oxygen atoms in total. The van der Waals surface area contributed by atoms with Crippen molar-refractivity contribution in [3.63, 3.8) is 0 Å². The predicted molar refractivity (Wildman–Crippen MR) is 91.0 cm³/mol. The Morgan fingerprint density at radius 2 is 1.70 bits per heavy atom. The molecular weight excluding hydrogens is 312 g/mol. The zero-order valence-corrected chi connectivity index (χ0v) is 14.1. The number of amides is 1. The molecule has 23 heavy (non-hydrogen) atoms. The van der Waals surface area contributed by atoms with Gasteiger partial charge in [-0.15, -0.1) is 0 Å². The summed E-state index contributed by atoms with van der Waals surface area (Å²) in [5.74, 6) is -0.283. The molecule has 0 saturated heterocycles. The van der Waals surface area contributed by atoms with Gasteiger partial charge in [0.05, 0.1) is 4.90 Å². The monoisotopic (exact) mass is 332 g/mol. The average Bonchev–Trinajstić information content (AvgIpc) is 2.47. The summed E-state index contributed by atoms with van der Waals surface area (Å²) in [6.07, 6.45) is 0. The van der Waals surface area contributed by atoms with Gasteiger partial charge in [0.25, 0.3) is 15.9 Å². The Morgan fingerprint density at radius 1 is 1.04 bits per heavy atom. The summed E-state index contributed by atoms with van der Waals surface area (Å²) in [6, 6.07) is 13.1. The van der Waals surface area contributed by atoms with E-state index in [0.717, 1.165) is 5.56 Å². The molecule has 2 aromatic rings. The van der Waals surface area contributed by atoms with Crippen molar-refractivity contribution in [3.8, 4) is 0 Å². The van der Waals surface area contributed by atoms with Crippen molar-refractivity contribution < 1.29 is 13.2 Å². The van der Waals surface area contributed by atoms with Crippen molar-refractivity contribution in [2.24, 2.45) is 0 Å². The molecule has 0 aliphatic carbocycles. The average molecular weight is 332 g/mol. The molecule has 122 valence electrons. The van der Waals surface area contributed by atoms with Crippen LogP contribution in [0.5, 0.6) is 0 Å².